The van der Waals surface area contributed by atoms with Crippen LogP contribution in [-0.2, 0) is 12.5 Å². The van der Waals surface area contributed by atoms with Crippen LogP contribution in [0.15, 0.2) is 87.8 Å². The average molecular weight is 512 g/mol. The zero-order chi connectivity index (χ0) is 28.0. The van der Waals surface area contributed by atoms with Crippen molar-refractivity contribution in [2.45, 2.75) is 26.4 Å². The van der Waals surface area contributed by atoms with E-state index in [1.165, 1.54) is 6.07 Å². The van der Waals surface area contributed by atoms with Gasteiger partial charge in [-0.2, -0.15) is 13.2 Å². The Hall–Kier alpha value is -4.32. The number of alkyl halides is 3. The Balaban J connectivity index is 1.45. The van der Waals surface area contributed by atoms with E-state index in [0.29, 0.717) is 33.4 Å². The predicted octanol–water partition coefficient (Wildman–Crippen LogP) is 9.92. The highest BCUT2D eigenvalue weighted by Gasteiger charge is 2.31. The summed E-state index contributed by atoms with van der Waals surface area (Å²) in [7, 11) is 0. The lowest BCUT2D eigenvalue weighted by molar-refractivity contribution is -0.137. The van der Waals surface area contributed by atoms with Gasteiger partial charge in [0.15, 0.2) is 0 Å². The molecule has 3 nitrogen and oxygen atoms in total. The Morgan fingerprint density at radius 2 is 1.39 bits per heavy atom. The zero-order valence-electron chi connectivity index (χ0n) is 22.5. The highest BCUT2D eigenvalue weighted by molar-refractivity contribution is 6.23. The van der Waals surface area contributed by atoms with Crippen LogP contribution in [0.1, 0.15) is 27.7 Å². The summed E-state index contributed by atoms with van der Waals surface area (Å²) in [5.74, 6) is -0.216. The normalized spacial score (nSPS) is 13.8. The summed E-state index contributed by atoms with van der Waals surface area (Å²) in [5.41, 5.74) is 3.08. The van der Waals surface area contributed by atoms with Crippen LogP contribution >= 0.6 is 0 Å². The molecule has 0 radical (unpaired) electrons. The molecule has 6 heteroatoms. The zero-order valence-corrected chi connectivity index (χ0v) is 20.5. The molecule has 3 aromatic heterocycles. The number of furan rings is 2. The van der Waals surface area contributed by atoms with Crippen molar-refractivity contribution in [2.75, 3.05) is 0 Å². The third-order valence-electron chi connectivity index (χ3n) is 6.91. The van der Waals surface area contributed by atoms with E-state index in [0.717, 1.165) is 44.6 Å². The molecule has 0 unspecified atom stereocenters. The maximum absolute atomic E-state index is 13.3. The molecule has 0 spiro atoms. The molecule has 0 aliphatic heterocycles. The summed E-state index contributed by atoms with van der Waals surface area (Å²) in [6, 6.07) is 20.4. The molecule has 0 aliphatic carbocycles. The third-order valence-corrected chi connectivity index (χ3v) is 6.91. The van der Waals surface area contributed by atoms with Crippen LogP contribution in [0.2, 0.25) is 0 Å². The average Bonchev–Trinajstić information content (AvgIpc) is 3.50. The van der Waals surface area contributed by atoms with E-state index in [1.807, 2.05) is 56.3 Å². The maximum Gasteiger partial charge on any atom is 0.416 e. The first kappa shape index (κ1) is 20.7. The number of hydrogen-bond donors (Lipinski definition) is 0. The standard InChI is InChI=1S/C32H22F3NO2/c1-17(2)14-18-12-13-36-27(15-18)26-5-3-4-21-23-10-11-24-25(30(23)38-31(21)26)9-8-22-20-7-6-19(32(33,34)35)16-28(20)37-29(22)24/h3-13,15-17H,14H2,1-2H3/i14D2. The summed E-state index contributed by atoms with van der Waals surface area (Å²) in [6.07, 6.45) is -4.36. The van der Waals surface area contributed by atoms with Gasteiger partial charge in [0.25, 0.3) is 0 Å². The molecule has 4 aromatic carbocycles. The van der Waals surface area contributed by atoms with Crippen LogP contribution in [-0.4, -0.2) is 4.98 Å². The first-order valence-electron chi connectivity index (χ1n) is 13.3. The quantitative estimate of drug-likeness (QED) is 0.237. The minimum atomic E-state index is -4.46. The van der Waals surface area contributed by atoms with Crippen molar-refractivity contribution in [3.63, 3.8) is 0 Å². The van der Waals surface area contributed by atoms with E-state index in [1.54, 1.807) is 18.3 Å². The van der Waals surface area contributed by atoms with Crippen molar-refractivity contribution >= 4 is 54.6 Å². The molecule has 0 saturated carbocycles. The molecular formula is C32H22F3NO2. The van der Waals surface area contributed by atoms with Gasteiger partial charge in [-0.05, 0) is 78.5 Å². The molecule has 0 amide bonds. The summed E-state index contributed by atoms with van der Waals surface area (Å²) in [4.78, 5) is 4.53. The highest BCUT2D eigenvalue weighted by Crippen LogP contribution is 2.42. The van der Waals surface area contributed by atoms with Gasteiger partial charge in [0.1, 0.15) is 22.3 Å². The van der Waals surface area contributed by atoms with Gasteiger partial charge in [-0.3, -0.25) is 4.98 Å². The van der Waals surface area contributed by atoms with E-state index in [4.69, 9.17) is 11.6 Å². The Labute approximate surface area is 218 Å². The molecule has 0 aliphatic rings. The van der Waals surface area contributed by atoms with Gasteiger partial charge in [-0.15, -0.1) is 0 Å². The number of para-hydroxylation sites is 1. The number of aromatic nitrogens is 1. The number of hydrogen-bond acceptors (Lipinski definition) is 3. The summed E-state index contributed by atoms with van der Waals surface area (Å²) < 4.78 is 69.4. The Bertz CT molecular complexity index is 2120. The van der Waals surface area contributed by atoms with Gasteiger partial charge >= 0.3 is 6.18 Å². The number of halogens is 3. The van der Waals surface area contributed by atoms with Crippen molar-refractivity contribution in [1.82, 2.24) is 4.98 Å². The topological polar surface area (TPSA) is 39.2 Å². The second-order valence-electron chi connectivity index (χ2n) is 9.80. The van der Waals surface area contributed by atoms with Crippen LogP contribution in [0, 0.1) is 5.92 Å². The minimum Gasteiger partial charge on any atom is -0.455 e. The van der Waals surface area contributed by atoms with Crippen molar-refractivity contribution in [2.24, 2.45) is 5.92 Å². The van der Waals surface area contributed by atoms with Gasteiger partial charge in [0.05, 0.1) is 11.3 Å². The van der Waals surface area contributed by atoms with Gasteiger partial charge in [-0.25, -0.2) is 0 Å². The van der Waals surface area contributed by atoms with Crippen molar-refractivity contribution in [3.8, 4) is 11.3 Å². The molecular weight excluding hydrogens is 487 g/mol. The molecule has 0 atom stereocenters. The van der Waals surface area contributed by atoms with Crippen molar-refractivity contribution in [3.05, 3.63) is 90.1 Å². The predicted molar refractivity (Wildman–Crippen MR) is 145 cm³/mol. The molecule has 0 bridgehead atoms. The Morgan fingerprint density at radius 1 is 0.763 bits per heavy atom. The maximum atomic E-state index is 13.3. The van der Waals surface area contributed by atoms with Gasteiger partial charge in [-0.1, -0.05) is 26.0 Å². The largest absolute Gasteiger partial charge is 0.455 e. The number of nitrogens with zero attached hydrogens (tertiary/aromatic N) is 1. The second kappa shape index (κ2) is 8.09. The molecule has 3 heterocycles. The van der Waals surface area contributed by atoms with Crippen LogP contribution in [0.5, 0.6) is 0 Å². The smallest absolute Gasteiger partial charge is 0.416 e. The number of benzene rings is 4. The Kier molecular flexibility index (Phi) is 4.41. The molecule has 7 aromatic rings. The molecule has 0 fully saturated rings. The molecule has 7 rings (SSSR count). The lowest BCUT2D eigenvalue weighted by Crippen LogP contribution is -2.03. The number of pyridine rings is 1. The summed E-state index contributed by atoms with van der Waals surface area (Å²) in [6.45, 7) is 3.69. The number of fused-ring (bicyclic) bond motifs is 9. The Morgan fingerprint density at radius 3 is 2.08 bits per heavy atom. The summed E-state index contributed by atoms with van der Waals surface area (Å²) in [5, 5.41) is 4.62. The molecule has 38 heavy (non-hydrogen) atoms. The monoisotopic (exact) mass is 511 g/mol. The highest BCUT2D eigenvalue weighted by atomic mass is 19.4. The van der Waals surface area contributed by atoms with E-state index < -0.39 is 18.1 Å². The van der Waals surface area contributed by atoms with Gasteiger partial charge in [0.2, 0.25) is 0 Å². The third kappa shape index (κ3) is 3.47. The fourth-order valence-corrected chi connectivity index (χ4v) is 5.27. The van der Waals surface area contributed by atoms with E-state index in [-0.39, 0.29) is 11.5 Å². The van der Waals surface area contributed by atoms with Crippen LogP contribution < -0.4 is 0 Å². The van der Waals surface area contributed by atoms with Crippen LogP contribution in [0.4, 0.5) is 13.2 Å². The molecule has 188 valence electrons. The lowest BCUT2D eigenvalue weighted by atomic mass is 10.00. The molecule has 0 N–H and O–H groups in total. The van der Waals surface area contributed by atoms with E-state index in [9.17, 15) is 13.2 Å². The first-order chi connectivity index (χ1) is 19.0. The van der Waals surface area contributed by atoms with E-state index in [2.05, 4.69) is 4.98 Å². The fourth-order valence-electron chi connectivity index (χ4n) is 5.27. The fraction of sp³-hybridized carbons (Fsp3) is 0.156. The van der Waals surface area contributed by atoms with Crippen LogP contribution in [0.3, 0.4) is 0 Å². The van der Waals surface area contributed by atoms with E-state index >= 15 is 0 Å². The SMILES string of the molecule is [2H]C([2H])(c1ccnc(-c2cccc3c2oc2c3ccc3c2ccc2c4ccc(C(F)(F)F)cc4oc23)c1)C(C)C. The molecule has 0 saturated heterocycles. The first-order valence-corrected chi connectivity index (χ1v) is 12.3. The minimum absolute atomic E-state index is 0.177. The number of rotatable bonds is 3. The summed E-state index contributed by atoms with van der Waals surface area (Å²) >= 11 is 0. The van der Waals surface area contributed by atoms with Gasteiger partial charge < -0.3 is 8.83 Å². The van der Waals surface area contributed by atoms with Crippen LogP contribution in [0.25, 0.3) is 65.9 Å². The van der Waals surface area contributed by atoms with Gasteiger partial charge in [0, 0.05) is 46.8 Å². The second-order valence-corrected chi connectivity index (χ2v) is 9.80. The van der Waals surface area contributed by atoms with Crippen molar-refractivity contribution < 1.29 is 24.7 Å². The van der Waals surface area contributed by atoms with Crippen molar-refractivity contribution in [1.29, 1.82) is 0 Å². The lowest BCUT2D eigenvalue weighted by Gasteiger charge is -2.07.